The van der Waals surface area contributed by atoms with Crippen LogP contribution in [0.5, 0.6) is 0 Å². The lowest BCUT2D eigenvalue weighted by Crippen LogP contribution is -2.54. The van der Waals surface area contributed by atoms with Gasteiger partial charge in [-0.05, 0) is 39.9 Å². The van der Waals surface area contributed by atoms with E-state index in [4.69, 9.17) is 5.73 Å². The van der Waals surface area contributed by atoms with Crippen LogP contribution in [0.15, 0.2) is 0 Å². The number of piperazine rings is 1. The van der Waals surface area contributed by atoms with Gasteiger partial charge in [-0.25, -0.2) is 0 Å². The summed E-state index contributed by atoms with van der Waals surface area (Å²) in [6.45, 7) is 10.6. The Morgan fingerprint density at radius 3 is 2.18 bits per heavy atom. The normalized spacial score (nSPS) is 28.4. The molecule has 2 heterocycles. The molecular weight excluding hydrogens is 212 g/mol. The molecule has 0 aromatic carbocycles. The maximum atomic E-state index is 5.86. The molecule has 0 bridgehead atoms. The van der Waals surface area contributed by atoms with Gasteiger partial charge in [-0.2, -0.15) is 0 Å². The van der Waals surface area contributed by atoms with E-state index in [1.165, 1.54) is 52.1 Å². The maximum Gasteiger partial charge on any atom is 0.0139 e. The van der Waals surface area contributed by atoms with E-state index in [9.17, 15) is 0 Å². The quantitative estimate of drug-likeness (QED) is 0.756. The third kappa shape index (κ3) is 3.91. The molecule has 0 aliphatic carbocycles. The summed E-state index contributed by atoms with van der Waals surface area (Å²) in [5.41, 5.74) is 5.86. The zero-order valence-corrected chi connectivity index (χ0v) is 11.4. The van der Waals surface area contributed by atoms with Crippen LogP contribution < -0.4 is 5.73 Å². The first-order valence-corrected chi connectivity index (χ1v) is 7.05. The average molecular weight is 240 g/mol. The molecular formula is C13H28N4. The Morgan fingerprint density at radius 2 is 1.65 bits per heavy atom. The molecule has 4 heteroatoms. The number of hydrogen-bond acceptors (Lipinski definition) is 4. The predicted octanol–water partition coefficient (Wildman–Crippen LogP) is 0.0454. The van der Waals surface area contributed by atoms with Gasteiger partial charge in [-0.3, -0.25) is 9.80 Å². The monoisotopic (exact) mass is 240 g/mol. The lowest BCUT2D eigenvalue weighted by Gasteiger charge is -2.42. The predicted molar refractivity (Wildman–Crippen MR) is 72.2 cm³/mol. The molecule has 1 atom stereocenters. The molecule has 0 radical (unpaired) electrons. The van der Waals surface area contributed by atoms with Crippen molar-refractivity contribution in [1.29, 1.82) is 0 Å². The molecule has 2 N–H and O–H groups in total. The van der Waals surface area contributed by atoms with E-state index in [1.54, 1.807) is 0 Å². The van der Waals surface area contributed by atoms with Gasteiger partial charge in [0.2, 0.25) is 0 Å². The zero-order valence-electron chi connectivity index (χ0n) is 11.4. The van der Waals surface area contributed by atoms with Gasteiger partial charge in [0.1, 0.15) is 0 Å². The van der Waals surface area contributed by atoms with Gasteiger partial charge >= 0.3 is 0 Å². The second-order valence-corrected chi connectivity index (χ2v) is 5.85. The summed E-state index contributed by atoms with van der Waals surface area (Å²) in [6, 6.07) is 1.15. The van der Waals surface area contributed by atoms with Gasteiger partial charge in [0.15, 0.2) is 0 Å². The van der Waals surface area contributed by atoms with Gasteiger partial charge in [-0.1, -0.05) is 0 Å². The third-order valence-corrected chi connectivity index (χ3v) is 4.16. The van der Waals surface area contributed by atoms with Crippen molar-refractivity contribution in [2.24, 2.45) is 5.73 Å². The highest BCUT2D eigenvalue weighted by Crippen LogP contribution is 2.17. The molecule has 4 nitrogen and oxygen atoms in total. The first-order valence-electron chi connectivity index (χ1n) is 7.05. The summed E-state index contributed by atoms with van der Waals surface area (Å²) in [5.74, 6) is 0. The molecule has 17 heavy (non-hydrogen) atoms. The van der Waals surface area contributed by atoms with E-state index in [1.807, 2.05) is 0 Å². The van der Waals surface area contributed by atoms with Crippen LogP contribution in [0.2, 0.25) is 0 Å². The Balaban J connectivity index is 1.71. The zero-order chi connectivity index (χ0) is 12.3. The molecule has 2 aliphatic heterocycles. The summed E-state index contributed by atoms with van der Waals surface area (Å²) in [6.07, 6.45) is 2.70. The van der Waals surface area contributed by atoms with E-state index < -0.39 is 0 Å². The van der Waals surface area contributed by atoms with Crippen LogP contribution in [0.25, 0.3) is 0 Å². The molecule has 0 amide bonds. The number of nitrogens with zero attached hydrogens (tertiary/aromatic N) is 3. The fourth-order valence-corrected chi connectivity index (χ4v) is 3.08. The van der Waals surface area contributed by atoms with Crippen LogP contribution in [0, 0.1) is 0 Å². The van der Waals surface area contributed by atoms with Crippen molar-refractivity contribution in [2.45, 2.75) is 31.8 Å². The highest BCUT2D eigenvalue weighted by atomic mass is 15.3. The van der Waals surface area contributed by atoms with Gasteiger partial charge in [0, 0.05) is 44.8 Å². The van der Waals surface area contributed by atoms with E-state index in [0.29, 0.717) is 6.04 Å². The fourth-order valence-electron chi connectivity index (χ4n) is 3.08. The van der Waals surface area contributed by atoms with Crippen molar-refractivity contribution in [3.05, 3.63) is 0 Å². The Hall–Kier alpha value is -0.160. The van der Waals surface area contributed by atoms with E-state index >= 15 is 0 Å². The van der Waals surface area contributed by atoms with E-state index in [-0.39, 0.29) is 0 Å². The maximum absolute atomic E-state index is 5.86. The SMILES string of the molecule is C[C@@H](N)CN1CCN(C2CCN(C)CC2)CC1. The molecule has 0 aromatic heterocycles. The van der Waals surface area contributed by atoms with Crippen LogP contribution in [0.1, 0.15) is 19.8 Å². The number of rotatable bonds is 3. The molecule has 2 rings (SSSR count). The Morgan fingerprint density at radius 1 is 1.06 bits per heavy atom. The van der Waals surface area contributed by atoms with Crippen molar-refractivity contribution in [2.75, 3.05) is 52.9 Å². The minimum atomic E-state index is 0.310. The van der Waals surface area contributed by atoms with E-state index in [2.05, 4.69) is 28.7 Å². The lowest BCUT2D eigenvalue weighted by atomic mass is 10.0. The molecule has 0 saturated carbocycles. The van der Waals surface area contributed by atoms with Gasteiger partial charge in [0.05, 0.1) is 0 Å². The Labute approximate surface area is 106 Å². The lowest BCUT2D eigenvalue weighted by molar-refractivity contribution is 0.0631. The van der Waals surface area contributed by atoms with Gasteiger partial charge in [-0.15, -0.1) is 0 Å². The molecule has 0 unspecified atom stereocenters. The number of piperidine rings is 1. The summed E-state index contributed by atoms with van der Waals surface area (Å²) in [7, 11) is 2.23. The molecule has 2 saturated heterocycles. The van der Waals surface area contributed by atoms with Crippen molar-refractivity contribution < 1.29 is 0 Å². The standard InChI is InChI=1S/C13H28N4/c1-12(14)11-16-7-9-17(10-8-16)13-3-5-15(2)6-4-13/h12-13H,3-11,14H2,1-2H3/t12-/m1/s1. The van der Waals surface area contributed by atoms with Crippen LogP contribution in [0.4, 0.5) is 0 Å². The molecule has 2 aliphatic rings. The second kappa shape index (κ2) is 6.14. The fraction of sp³-hybridized carbons (Fsp3) is 1.00. The van der Waals surface area contributed by atoms with Crippen LogP contribution in [-0.2, 0) is 0 Å². The molecule has 0 spiro atoms. The minimum Gasteiger partial charge on any atom is -0.327 e. The Kier molecular flexibility index (Phi) is 4.79. The van der Waals surface area contributed by atoms with Crippen molar-refractivity contribution in [3.63, 3.8) is 0 Å². The third-order valence-electron chi connectivity index (χ3n) is 4.16. The van der Waals surface area contributed by atoms with Crippen molar-refractivity contribution in [3.8, 4) is 0 Å². The van der Waals surface area contributed by atoms with Gasteiger partial charge in [0.25, 0.3) is 0 Å². The minimum absolute atomic E-state index is 0.310. The number of hydrogen-bond donors (Lipinski definition) is 1. The van der Waals surface area contributed by atoms with Crippen LogP contribution in [0.3, 0.4) is 0 Å². The molecule has 100 valence electrons. The summed E-state index contributed by atoms with van der Waals surface area (Å²) in [5, 5.41) is 0. The smallest absolute Gasteiger partial charge is 0.0139 e. The first kappa shape index (κ1) is 13.3. The first-order chi connectivity index (χ1) is 8.15. The van der Waals surface area contributed by atoms with Crippen molar-refractivity contribution >= 4 is 0 Å². The number of nitrogens with two attached hydrogens (primary N) is 1. The summed E-state index contributed by atoms with van der Waals surface area (Å²) >= 11 is 0. The Bertz CT molecular complexity index is 215. The summed E-state index contributed by atoms with van der Waals surface area (Å²) < 4.78 is 0. The number of likely N-dealkylation sites (tertiary alicyclic amines) is 1. The highest BCUT2D eigenvalue weighted by molar-refractivity contribution is 4.83. The molecule has 0 aromatic rings. The molecule has 2 fully saturated rings. The van der Waals surface area contributed by atoms with Crippen molar-refractivity contribution in [1.82, 2.24) is 14.7 Å². The average Bonchev–Trinajstić information content (AvgIpc) is 2.30. The second-order valence-electron chi connectivity index (χ2n) is 5.85. The van der Waals surface area contributed by atoms with Crippen LogP contribution in [-0.4, -0.2) is 79.6 Å². The van der Waals surface area contributed by atoms with E-state index in [0.717, 1.165) is 12.6 Å². The largest absolute Gasteiger partial charge is 0.327 e. The highest BCUT2D eigenvalue weighted by Gasteiger charge is 2.26. The topological polar surface area (TPSA) is 35.7 Å². The van der Waals surface area contributed by atoms with Crippen LogP contribution >= 0.6 is 0 Å². The summed E-state index contributed by atoms with van der Waals surface area (Å²) in [4.78, 5) is 7.66. The van der Waals surface area contributed by atoms with Gasteiger partial charge < -0.3 is 10.6 Å².